The molecule has 4 heteroatoms. The Balaban J connectivity index is 2.75. The standard InChI is InChI=1S/C9H4ClNO2/c10-7-3-1-2-6-4-8(11-5-12)13-9(6)7/h1-4H. The average molecular weight is 194 g/mol. The van der Waals surface area contributed by atoms with Crippen LogP contribution in [-0.4, -0.2) is 6.08 Å². The lowest BCUT2D eigenvalue weighted by Crippen LogP contribution is -1.63. The smallest absolute Gasteiger partial charge is 0.243 e. The second-order valence-electron chi connectivity index (χ2n) is 2.45. The first-order chi connectivity index (χ1) is 6.31. The molecule has 1 aromatic heterocycles. The molecule has 0 atom stereocenters. The van der Waals surface area contributed by atoms with Crippen molar-refractivity contribution in [2.75, 3.05) is 0 Å². The van der Waals surface area contributed by atoms with Crippen molar-refractivity contribution in [2.24, 2.45) is 4.99 Å². The molecular formula is C9H4ClNO2. The van der Waals surface area contributed by atoms with Gasteiger partial charge >= 0.3 is 0 Å². The van der Waals surface area contributed by atoms with Gasteiger partial charge in [0.15, 0.2) is 5.58 Å². The zero-order chi connectivity index (χ0) is 9.26. The molecule has 0 aliphatic carbocycles. The van der Waals surface area contributed by atoms with Crippen molar-refractivity contribution in [1.29, 1.82) is 0 Å². The number of nitrogens with zero attached hydrogens (tertiary/aromatic N) is 1. The predicted molar refractivity (Wildman–Crippen MR) is 49.0 cm³/mol. The largest absolute Gasteiger partial charge is 0.436 e. The van der Waals surface area contributed by atoms with Crippen LogP contribution < -0.4 is 0 Å². The molecule has 0 saturated heterocycles. The first kappa shape index (κ1) is 8.05. The van der Waals surface area contributed by atoms with Crippen LogP contribution in [0.1, 0.15) is 0 Å². The molecule has 1 heterocycles. The lowest BCUT2D eigenvalue weighted by Gasteiger charge is -1.88. The fourth-order valence-corrected chi connectivity index (χ4v) is 1.33. The van der Waals surface area contributed by atoms with Gasteiger partial charge in [-0.2, -0.15) is 0 Å². The highest BCUT2D eigenvalue weighted by Crippen LogP contribution is 2.29. The van der Waals surface area contributed by atoms with E-state index in [9.17, 15) is 4.79 Å². The zero-order valence-corrected chi connectivity index (χ0v) is 7.21. The van der Waals surface area contributed by atoms with Gasteiger partial charge in [0.25, 0.3) is 0 Å². The molecule has 3 nitrogen and oxygen atoms in total. The SMILES string of the molecule is O=C=Nc1cc2cccc(Cl)c2o1. The summed E-state index contributed by atoms with van der Waals surface area (Å²) in [6.45, 7) is 0. The second kappa shape index (κ2) is 3.05. The van der Waals surface area contributed by atoms with Gasteiger partial charge < -0.3 is 4.42 Å². The van der Waals surface area contributed by atoms with Crippen LogP contribution in [0.15, 0.2) is 33.7 Å². The van der Waals surface area contributed by atoms with E-state index in [1.807, 2.05) is 6.07 Å². The van der Waals surface area contributed by atoms with E-state index in [4.69, 9.17) is 16.0 Å². The molecule has 0 aliphatic rings. The summed E-state index contributed by atoms with van der Waals surface area (Å²) in [6, 6.07) is 6.97. The Bertz CT molecular complexity index is 497. The third kappa shape index (κ3) is 1.35. The number of carbonyl (C=O) groups excluding carboxylic acids is 1. The number of hydrogen-bond donors (Lipinski definition) is 0. The van der Waals surface area contributed by atoms with Crippen molar-refractivity contribution in [3.63, 3.8) is 0 Å². The minimum Gasteiger partial charge on any atom is -0.436 e. The number of benzene rings is 1. The molecule has 0 fully saturated rings. The van der Waals surface area contributed by atoms with E-state index in [0.29, 0.717) is 10.6 Å². The summed E-state index contributed by atoms with van der Waals surface area (Å²) in [5, 5.41) is 1.33. The summed E-state index contributed by atoms with van der Waals surface area (Å²) < 4.78 is 5.18. The summed E-state index contributed by atoms with van der Waals surface area (Å²) >= 11 is 5.84. The average Bonchev–Trinajstić information content (AvgIpc) is 2.49. The quantitative estimate of drug-likeness (QED) is 0.516. The van der Waals surface area contributed by atoms with Gasteiger partial charge in [-0.3, -0.25) is 0 Å². The molecule has 0 amide bonds. The van der Waals surface area contributed by atoms with E-state index in [1.165, 1.54) is 6.08 Å². The maximum Gasteiger partial charge on any atom is 0.243 e. The van der Waals surface area contributed by atoms with Crippen LogP contribution in [0.4, 0.5) is 5.88 Å². The van der Waals surface area contributed by atoms with Gasteiger partial charge in [0.05, 0.1) is 5.02 Å². The van der Waals surface area contributed by atoms with Gasteiger partial charge in [-0.05, 0) is 6.07 Å². The molecule has 0 unspecified atom stereocenters. The fraction of sp³-hybridized carbons (Fsp3) is 0. The van der Waals surface area contributed by atoms with E-state index in [2.05, 4.69) is 4.99 Å². The Morgan fingerprint density at radius 3 is 3.00 bits per heavy atom. The summed E-state index contributed by atoms with van der Waals surface area (Å²) in [5.41, 5.74) is 0.540. The van der Waals surface area contributed by atoms with Crippen LogP contribution in [0.2, 0.25) is 5.02 Å². The molecule has 1 aromatic carbocycles. The number of halogens is 1. The molecule has 0 saturated carbocycles. The highest BCUT2D eigenvalue weighted by molar-refractivity contribution is 6.34. The monoisotopic (exact) mass is 193 g/mol. The van der Waals surface area contributed by atoms with E-state index >= 15 is 0 Å². The van der Waals surface area contributed by atoms with Crippen molar-refractivity contribution in [3.8, 4) is 0 Å². The summed E-state index contributed by atoms with van der Waals surface area (Å²) in [7, 11) is 0. The third-order valence-corrected chi connectivity index (χ3v) is 1.94. The summed E-state index contributed by atoms with van der Waals surface area (Å²) in [6.07, 6.45) is 1.40. The first-order valence-corrected chi connectivity index (χ1v) is 3.95. The van der Waals surface area contributed by atoms with Crippen molar-refractivity contribution in [3.05, 3.63) is 29.3 Å². The molecule has 0 radical (unpaired) electrons. The zero-order valence-electron chi connectivity index (χ0n) is 6.45. The Morgan fingerprint density at radius 1 is 1.46 bits per heavy atom. The number of aliphatic imine (C=N–C) groups is 1. The number of para-hydroxylation sites is 1. The first-order valence-electron chi connectivity index (χ1n) is 3.57. The third-order valence-electron chi connectivity index (χ3n) is 1.64. The molecule has 64 valence electrons. The van der Waals surface area contributed by atoms with E-state index in [0.717, 1.165) is 5.39 Å². The maximum atomic E-state index is 9.95. The number of fused-ring (bicyclic) bond motifs is 1. The normalized spacial score (nSPS) is 9.92. The van der Waals surface area contributed by atoms with Crippen LogP contribution in [0, 0.1) is 0 Å². The van der Waals surface area contributed by atoms with Crippen molar-refractivity contribution >= 4 is 34.5 Å². The minimum absolute atomic E-state index is 0.220. The number of hydrogen-bond acceptors (Lipinski definition) is 3. The Morgan fingerprint density at radius 2 is 2.31 bits per heavy atom. The number of rotatable bonds is 1. The van der Waals surface area contributed by atoms with Gasteiger partial charge in [-0.25, -0.2) is 4.79 Å². The van der Waals surface area contributed by atoms with Crippen molar-refractivity contribution in [1.82, 2.24) is 0 Å². The van der Waals surface area contributed by atoms with E-state index in [1.54, 1.807) is 18.2 Å². The van der Waals surface area contributed by atoms with Gasteiger partial charge in [0.2, 0.25) is 12.0 Å². The van der Waals surface area contributed by atoms with Gasteiger partial charge in [-0.15, -0.1) is 4.99 Å². The summed E-state index contributed by atoms with van der Waals surface area (Å²) in [5.74, 6) is 0.220. The molecule has 0 N–H and O–H groups in total. The molecular weight excluding hydrogens is 190 g/mol. The Kier molecular flexibility index (Phi) is 1.89. The van der Waals surface area contributed by atoms with Crippen LogP contribution in [-0.2, 0) is 4.79 Å². The van der Waals surface area contributed by atoms with Crippen LogP contribution in [0.3, 0.4) is 0 Å². The van der Waals surface area contributed by atoms with Gasteiger partial charge in [0, 0.05) is 11.5 Å². The van der Waals surface area contributed by atoms with E-state index < -0.39 is 0 Å². The van der Waals surface area contributed by atoms with Crippen LogP contribution >= 0.6 is 11.6 Å². The highest BCUT2D eigenvalue weighted by atomic mass is 35.5. The molecule has 2 rings (SSSR count). The minimum atomic E-state index is 0.220. The number of isocyanates is 1. The van der Waals surface area contributed by atoms with Crippen molar-refractivity contribution in [2.45, 2.75) is 0 Å². The molecule has 0 aliphatic heterocycles. The fourth-order valence-electron chi connectivity index (χ4n) is 1.11. The molecule has 0 spiro atoms. The molecule has 2 aromatic rings. The van der Waals surface area contributed by atoms with Crippen molar-refractivity contribution < 1.29 is 9.21 Å². The lowest BCUT2D eigenvalue weighted by molar-refractivity contribution is 0.561. The van der Waals surface area contributed by atoms with Gasteiger partial charge in [-0.1, -0.05) is 23.7 Å². The number of furan rings is 1. The Hall–Kier alpha value is -1.57. The van der Waals surface area contributed by atoms with Gasteiger partial charge in [0.1, 0.15) is 0 Å². The van der Waals surface area contributed by atoms with Crippen LogP contribution in [0.5, 0.6) is 0 Å². The predicted octanol–water partition coefficient (Wildman–Crippen LogP) is 3.05. The van der Waals surface area contributed by atoms with Crippen LogP contribution in [0.25, 0.3) is 11.0 Å². The topological polar surface area (TPSA) is 42.6 Å². The summed E-state index contributed by atoms with van der Waals surface area (Å²) in [4.78, 5) is 13.3. The maximum absolute atomic E-state index is 9.95. The second-order valence-corrected chi connectivity index (χ2v) is 2.85. The molecule has 0 bridgehead atoms. The molecule has 13 heavy (non-hydrogen) atoms. The Labute approximate surface area is 78.6 Å². The van der Waals surface area contributed by atoms with E-state index in [-0.39, 0.29) is 5.88 Å². The highest BCUT2D eigenvalue weighted by Gasteiger charge is 2.04. The lowest BCUT2D eigenvalue weighted by atomic mass is 10.3.